The minimum Gasteiger partial charge on any atom is -0.407 e. The lowest BCUT2D eigenvalue weighted by molar-refractivity contribution is -0.175. The van der Waals surface area contributed by atoms with Gasteiger partial charge in [-0.2, -0.15) is 0 Å². The Hall–Kier alpha value is -2.08. The van der Waals surface area contributed by atoms with E-state index in [1.165, 1.54) is 4.90 Å². The highest BCUT2D eigenvalue weighted by Gasteiger charge is 2.49. The zero-order valence-corrected chi connectivity index (χ0v) is 11.6. The fourth-order valence-electron chi connectivity index (χ4n) is 2.53. The number of alkyl carbamates (subject to hydrolysis) is 1. The lowest BCUT2D eigenvalue weighted by Crippen LogP contribution is -2.48. The van der Waals surface area contributed by atoms with Crippen molar-refractivity contribution < 1.29 is 19.4 Å². The van der Waals surface area contributed by atoms with Gasteiger partial charge in [-0.05, 0) is 31.4 Å². The van der Waals surface area contributed by atoms with Crippen LogP contribution in [-0.2, 0) is 9.53 Å². The molecule has 1 aliphatic carbocycles. The van der Waals surface area contributed by atoms with Gasteiger partial charge in [-0.15, -0.1) is 0 Å². The fourth-order valence-corrected chi connectivity index (χ4v) is 2.53. The average Bonchev–Trinajstić information content (AvgIpc) is 2.71. The van der Waals surface area contributed by atoms with Crippen LogP contribution >= 0.6 is 0 Å². The zero-order chi connectivity index (χ0) is 14.9. The standard InChI is InChI=1S/C15H18N2O4/c18-13-15(20,21-14(19)16-11-5-4-6-11)9-10-17(13)12-7-2-1-3-8-12/h1-3,7-8,11,20H,4-6,9-10H2,(H,16,19)/t15-/m0/s1. The Morgan fingerprint density at radius 2 is 2.05 bits per heavy atom. The van der Waals surface area contributed by atoms with E-state index >= 15 is 0 Å². The Bertz CT molecular complexity index is 544. The normalized spacial score (nSPS) is 25.6. The summed E-state index contributed by atoms with van der Waals surface area (Å²) in [6.45, 7) is 0.316. The van der Waals surface area contributed by atoms with Gasteiger partial charge in [0.2, 0.25) is 0 Å². The molecule has 2 N–H and O–H groups in total. The molecular formula is C15H18N2O4. The number of carbonyl (C=O) groups is 2. The number of carbonyl (C=O) groups excluding carboxylic acids is 2. The van der Waals surface area contributed by atoms with Crippen LogP contribution in [0.25, 0.3) is 0 Å². The molecule has 0 radical (unpaired) electrons. The van der Waals surface area contributed by atoms with Crippen molar-refractivity contribution >= 4 is 17.7 Å². The summed E-state index contributed by atoms with van der Waals surface area (Å²) < 4.78 is 4.98. The Balaban J connectivity index is 1.65. The number of amides is 2. The van der Waals surface area contributed by atoms with Crippen molar-refractivity contribution in [3.63, 3.8) is 0 Å². The topological polar surface area (TPSA) is 78.9 Å². The van der Waals surface area contributed by atoms with Gasteiger partial charge in [-0.1, -0.05) is 18.2 Å². The molecule has 21 heavy (non-hydrogen) atoms. The van der Waals surface area contributed by atoms with E-state index in [2.05, 4.69) is 5.32 Å². The third kappa shape index (κ3) is 2.71. The summed E-state index contributed by atoms with van der Waals surface area (Å²) in [5.74, 6) is -2.67. The molecule has 6 heteroatoms. The van der Waals surface area contributed by atoms with E-state index < -0.39 is 17.8 Å². The molecule has 1 aromatic rings. The lowest BCUT2D eigenvalue weighted by Gasteiger charge is -2.28. The SMILES string of the molecule is O=C(NC1CCC1)O[C@@]1(O)CCN(c2ccccc2)C1=O. The number of aliphatic hydroxyl groups is 1. The smallest absolute Gasteiger partial charge is 0.407 e. The highest BCUT2D eigenvalue weighted by Crippen LogP contribution is 2.29. The van der Waals surface area contributed by atoms with E-state index in [-0.39, 0.29) is 12.5 Å². The Morgan fingerprint density at radius 3 is 2.67 bits per heavy atom. The van der Waals surface area contributed by atoms with Gasteiger partial charge in [-0.3, -0.25) is 4.79 Å². The molecule has 0 bridgehead atoms. The summed E-state index contributed by atoms with van der Waals surface area (Å²) in [5, 5.41) is 12.9. The second-order valence-electron chi connectivity index (χ2n) is 5.49. The fraction of sp³-hybridized carbons (Fsp3) is 0.467. The monoisotopic (exact) mass is 290 g/mol. The molecule has 0 aromatic heterocycles. The maximum absolute atomic E-state index is 12.3. The highest BCUT2D eigenvalue weighted by molar-refractivity contribution is 6.01. The first-order valence-electron chi connectivity index (χ1n) is 7.17. The first kappa shape index (κ1) is 13.9. The van der Waals surface area contributed by atoms with Crippen molar-refractivity contribution in [2.75, 3.05) is 11.4 Å². The number of ether oxygens (including phenoxy) is 1. The summed E-state index contributed by atoms with van der Waals surface area (Å²) in [5.41, 5.74) is 0.682. The molecule has 6 nitrogen and oxygen atoms in total. The van der Waals surface area contributed by atoms with Gasteiger partial charge < -0.3 is 20.1 Å². The van der Waals surface area contributed by atoms with Gasteiger partial charge in [-0.25, -0.2) is 4.79 Å². The molecule has 1 aliphatic heterocycles. The zero-order valence-electron chi connectivity index (χ0n) is 11.6. The van der Waals surface area contributed by atoms with E-state index in [9.17, 15) is 14.7 Å². The summed E-state index contributed by atoms with van der Waals surface area (Å²) in [4.78, 5) is 25.5. The van der Waals surface area contributed by atoms with E-state index in [1.807, 2.05) is 18.2 Å². The van der Waals surface area contributed by atoms with Gasteiger partial charge >= 0.3 is 6.09 Å². The van der Waals surface area contributed by atoms with Gasteiger partial charge in [0.15, 0.2) is 0 Å². The second kappa shape index (κ2) is 5.37. The largest absolute Gasteiger partial charge is 0.410 e. The molecule has 1 aromatic carbocycles. The number of rotatable bonds is 3. The van der Waals surface area contributed by atoms with Crippen molar-refractivity contribution in [2.24, 2.45) is 0 Å². The van der Waals surface area contributed by atoms with E-state index in [1.54, 1.807) is 12.1 Å². The molecule has 2 fully saturated rings. The van der Waals surface area contributed by atoms with Crippen LogP contribution in [0.4, 0.5) is 10.5 Å². The number of anilines is 1. The van der Waals surface area contributed by atoms with Crippen LogP contribution in [0.1, 0.15) is 25.7 Å². The van der Waals surface area contributed by atoms with Crippen LogP contribution in [0.2, 0.25) is 0 Å². The number of hydrogen-bond donors (Lipinski definition) is 2. The molecule has 1 saturated carbocycles. The second-order valence-corrected chi connectivity index (χ2v) is 5.49. The maximum Gasteiger partial charge on any atom is 0.410 e. The number of benzene rings is 1. The van der Waals surface area contributed by atoms with Crippen molar-refractivity contribution in [1.82, 2.24) is 5.32 Å². The molecule has 1 saturated heterocycles. The molecule has 2 aliphatic rings. The summed E-state index contributed by atoms with van der Waals surface area (Å²) in [6.07, 6.45) is 2.25. The van der Waals surface area contributed by atoms with Gasteiger partial charge in [0.05, 0.1) is 0 Å². The minimum absolute atomic E-state index is 0.0683. The first-order valence-corrected chi connectivity index (χ1v) is 7.17. The van der Waals surface area contributed by atoms with Crippen molar-refractivity contribution in [2.45, 2.75) is 37.5 Å². The Kier molecular flexibility index (Phi) is 3.55. The van der Waals surface area contributed by atoms with Crippen LogP contribution in [0.3, 0.4) is 0 Å². The minimum atomic E-state index is -2.07. The van der Waals surface area contributed by atoms with E-state index in [0.717, 1.165) is 19.3 Å². The molecule has 3 rings (SSSR count). The maximum atomic E-state index is 12.3. The summed E-state index contributed by atoms with van der Waals surface area (Å²) in [6, 6.07) is 9.12. The van der Waals surface area contributed by atoms with Crippen LogP contribution in [0, 0.1) is 0 Å². The molecule has 1 atom stereocenters. The predicted molar refractivity (Wildman–Crippen MR) is 75.6 cm³/mol. The number of hydrogen-bond acceptors (Lipinski definition) is 4. The van der Waals surface area contributed by atoms with Crippen LogP contribution in [-0.4, -0.2) is 35.5 Å². The molecule has 0 unspecified atom stereocenters. The van der Waals surface area contributed by atoms with Crippen LogP contribution in [0.5, 0.6) is 0 Å². The average molecular weight is 290 g/mol. The van der Waals surface area contributed by atoms with E-state index in [0.29, 0.717) is 12.2 Å². The number of nitrogens with zero attached hydrogens (tertiary/aromatic N) is 1. The Labute approximate surface area is 122 Å². The number of para-hydroxylation sites is 1. The molecule has 2 amide bonds. The third-order valence-corrected chi connectivity index (χ3v) is 4.01. The molecular weight excluding hydrogens is 272 g/mol. The quantitative estimate of drug-likeness (QED) is 0.825. The first-order chi connectivity index (χ1) is 10.1. The van der Waals surface area contributed by atoms with E-state index in [4.69, 9.17) is 4.74 Å². The van der Waals surface area contributed by atoms with Gasteiger partial charge in [0, 0.05) is 24.7 Å². The van der Waals surface area contributed by atoms with Crippen molar-refractivity contribution in [3.8, 4) is 0 Å². The van der Waals surface area contributed by atoms with Gasteiger partial charge in [0.1, 0.15) is 0 Å². The highest BCUT2D eigenvalue weighted by atomic mass is 16.7. The Morgan fingerprint density at radius 1 is 1.33 bits per heavy atom. The number of nitrogens with one attached hydrogen (secondary N) is 1. The lowest BCUT2D eigenvalue weighted by atomic mass is 9.93. The van der Waals surface area contributed by atoms with Crippen molar-refractivity contribution in [1.29, 1.82) is 0 Å². The summed E-state index contributed by atoms with van der Waals surface area (Å²) >= 11 is 0. The third-order valence-electron chi connectivity index (χ3n) is 4.01. The predicted octanol–water partition coefficient (Wildman–Crippen LogP) is 1.39. The summed E-state index contributed by atoms with van der Waals surface area (Å²) in [7, 11) is 0. The van der Waals surface area contributed by atoms with Crippen LogP contribution in [0.15, 0.2) is 30.3 Å². The van der Waals surface area contributed by atoms with Gasteiger partial charge in [0.25, 0.3) is 11.7 Å². The molecule has 1 heterocycles. The molecule has 112 valence electrons. The van der Waals surface area contributed by atoms with Crippen molar-refractivity contribution in [3.05, 3.63) is 30.3 Å². The van der Waals surface area contributed by atoms with Crippen LogP contribution < -0.4 is 10.2 Å². The molecule has 0 spiro atoms.